The average molecular weight is 307 g/mol. The van der Waals surface area contributed by atoms with Gasteiger partial charge in [0.05, 0.1) is 10.7 Å². The van der Waals surface area contributed by atoms with Gasteiger partial charge in [0.25, 0.3) is 0 Å². The smallest absolute Gasteiger partial charge is 0.125 e. The molecular formula is C12H14BrClFN. The molecule has 2 rings (SSSR count). The van der Waals surface area contributed by atoms with E-state index in [2.05, 4.69) is 28.2 Å². The molecule has 0 spiro atoms. The molecule has 1 aromatic carbocycles. The summed E-state index contributed by atoms with van der Waals surface area (Å²) in [5.41, 5.74) is 0.808. The summed E-state index contributed by atoms with van der Waals surface area (Å²) in [7, 11) is 0. The topological polar surface area (TPSA) is 12.0 Å². The van der Waals surface area contributed by atoms with Crippen LogP contribution in [0.5, 0.6) is 0 Å². The molecule has 1 aliphatic carbocycles. The van der Waals surface area contributed by atoms with Crippen LogP contribution in [0, 0.1) is 11.7 Å². The van der Waals surface area contributed by atoms with E-state index < -0.39 is 0 Å². The van der Waals surface area contributed by atoms with Crippen molar-refractivity contribution in [2.75, 3.05) is 5.32 Å². The summed E-state index contributed by atoms with van der Waals surface area (Å²) in [5.74, 6) is 0.442. The highest BCUT2D eigenvalue weighted by Gasteiger charge is 2.22. The maximum atomic E-state index is 13.0. The summed E-state index contributed by atoms with van der Waals surface area (Å²) >= 11 is 9.35. The molecule has 2 atom stereocenters. The van der Waals surface area contributed by atoms with E-state index >= 15 is 0 Å². The van der Waals surface area contributed by atoms with E-state index in [-0.39, 0.29) is 5.82 Å². The molecule has 16 heavy (non-hydrogen) atoms. The molecular weight excluding hydrogens is 292 g/mol. The van der Waals surface area contributed by atoms with Crippen molar-refractivity contribution in [3.05, 3.63) is 27.4 Å². The summed E-state index contributed by atoms with van der Waals surface area (Å²) in [6, 6.07) is 3.23. The van der Waals surface area contributed by atoms with Gasteiger partial charge in [-0.2, -0.15) is 0 Å². The Morgan fingerprint density at radius 1 is 1.44 bits per heavy atom. The first kappa shape index (κ1) is 12.2. The van der Waals surface area contributed by atoms with Crippen LogP contribution in [-0.2, 0) is 0 Å². The molecule has 0 amide bonds. The Morgan fingerprint density at radius 3 is 2.75 bits per heavy atom. The summed E-state index contributed by atoms with van der Waals surface area (Å²) in [6.45, 7) is 2.25. The molecule has 2 unspecified atom stereocenters. The van der Waals surface area contributed by atoms with E-state index in [0.717, 1.165) is 24.4 Å². The van der Waals surface area contributed by atoms with E-state index in [4.69, 9.17) is 11.6 Å². The Kier molecular flexibility index (Phi) is 3.75. The summed E-state index contributed by atoms with van der Waals surface area (Å²) in [5, 5.41) is 3.83. The lowest BCUT2D eigenvalue weighted by Gasteiger charge is -2.16. The van der Waals surface area contributed by atoms with Gasteiger partial charge in [0.1, 0.15) is 5.82 Å². The molecule has 88 valence electrons. The molecule has 0 aromatic heterocycles. The fourth-order valence-electron chi connectivity index (χ4n) is 2.22. The number of hydrogen-bond acceptors (Lipinski definition) is 1. The second kappa shape index (κ2) is 4.92. The van der Waals surface area contributed by atoms with Crippen molar-refractivity contribution in [2.24, 2.45) is 5.92 Å². The predicted molar refractivity (Wildman–Crippen MR) is 69.5 cm³/mol. The fraction of sp³-hybridized carbons (Fsp3) is 0.500. The molecule has 0 radical (unpaired) electrons. The second-order valence-corrected chi connectivity index (χ2v) is 5.77. The highest BCUT2D eigenvalue weighted by Crippen LogP contribution is 2.35. The Morgan fingerprint density at radius 2 is 2.19 bits per heavy atom. The second-order valence-electron chi connectivity index (χ2n) is 4.50. The van der Waals surface area contributed by atoms with Crippen LogP contribution in [0.15, 0.2) is 16.6 Å². The SMILES string of the molecule is CC1CCC(Nc2c(Cl)cc(F)cc2Br)C1. The number of benzene rings is 1. The molecule has 4 heteroatoms. The van der Waals surface area contributed by atoms with Gasteiger partial charge in [-0.1, -0.05) is 18.5 Å². The minimum atomic E-state index is -0.317. The summed E-state index contributed by atoms with van der Waals surface area (Å²) in [6.07, 6.45) is 3.55. The van der Waals surface area contributed by atoms with E-state index in [9.17, 15) is 4.39 Å². The number of halogens is 3. The van der Waals surface area contributed by atoms with Gasteiger partial charge in [0, 0.05) is 10.5 Å². The van der Waals surface area contributed by atoms with Gasteiger partial charge < -0.3 is 5.32 Å². The van der Waals surface area contributed by atoms with Crippen LogP contribution in [0.2, 0.25) is 5.02 Å². The van der Waals surface area contributed by atoms with Crippen LogP contribution in [0.3, 0.4) is 0 Å². The number of anilines is 1. The number of hydrogen-bond donors (Lipinski definition) is 1. The van der Waals surface area contributed by atoms with Crippen LogP contribution >= 0.6 is 27.5 Å². The molecule has 1 aromatic rings. The van der Waals surface area contributed by atoms with Gasteiger partial charge in [0.15, 0.2) is 0 Å². The Labute approximate surface area is 109 Å². The molecule has 1 fully saturated rings. The van der Waals surface area contributed by atoms with Crippen LogP contribution in [0.1, 0.15) is 26.2 Å². The van der Waals surface area contributed by atoms with E-state index in [1.54, 1.807) is 0 Å². The van der Waals surface area contributed by atoms with Crippen molar-refractivity contribution < 1.29 is 4.39 Å². The van der Waals surface area contributed by atoms with Crippen molar-refractivity contribution in [1.82, 2.24) is 0 Å². The first-order valence-electron chi connectivity index (χ1n) is 5.47. The van der Waals surface area contributed by atoms with E-state index in [0.29, 0.717) is 15.5 Å². The quantitative estimate of drug-likeness (QED) is 0.824. The Bertz CT molecular complexity index is 374. The molecule has 1 N–H and O–H groups in total. The van der Waals surface area contributed by atoms with Crippen molar-refractivity contribution in [3.8, 4) is 0 Å². The van der Waals surface area contributed by atoms with Gasteiger partial charge in [-0.05, 0) is 53.2 Å². The zero-order valence-electron chi connectivity index (χ0n) is 9.06. The molecule has 1 saturated carbocycles. The van der Waals surface area contributed by atoms with Gasteiger partial charge >= 0.3 is 0 Å². The van der Waals surface area contributed by atoms with Gasteiger partial charge in [-0.3, -0.25) is 0 Å². The van der Waals surface area contributed by atoms with Crippen molar-refractivity contribution >= 4 is 33.2 Å². The predicted octanol–water partition coefficient (Wildman–Crippen LogP) is 4.84. The van der Waals surface area contributed by atoms with Crippen molar-refractivity contribution in [2.45, 2.75) is 32.2 Å². The lowest BCUT2D eigenvalue weighted by molar-refractivity contribution is 0.602. The summed E-state index contributed by atoms with van der Waals surface area (Å²) < 4.78 is 13.7. The third-order valence-corrected chi connectivity index (χ3v) is 3.97. The van der Waals surface area contributed by atoms with Gasteiger partial charge in [-0.25, -0.2) is 4.39 Å². The van der Waals surface area contributed by atoms with Crippen molar-refractivity contribution in [3.63, 3.8) is 0 Å². The standard InChI is InChI=1S/C12H14BrClFN/c1-7-2-3-9(4-7)16-12-10(13)5-8(15)6-11(12)14/h5-7,9,16H,2-4H2,1H3. The first-order valence-corrected chi connectivity index (χ1v) is 6.64. The molecule has 1 aliphatic rings. The zero-order valence-corrected chi connectivity index (χ0v) is 11.4. The molecule has 0 bridgehead atoms. The van der Waals surface area contributed by atoms with Gasteiger partial charge in [0.2, 0.25) is 0 Å². The lowest BCUT2D eigenvalue weighted by Crippen LogP contribution is -2.16. The number of rotatable bonds is 2. The average Bonchev–Trinajstić information content (AvgIpc) is 2.58. The normalized spacial score (nSPS) is 24.8. The summed E-state index contributed by atoms with van der Waals surface area (Å²) in [4.78, 5) is 0. The maximum Gasteiger partial charge on any atom is 0.125 e. The van der Waals surface area contributed by atoms with E-state index in [1.807, 2.05) is 0 Å². The van der Waals surface area contributed by atoms with Gasteiger partial charge in [-0.15, -0.1) is 0 Å². The molecule has 0 saturated heterocycles. The third kappa shape index (κ3) is 2.69. The first-order chi connectivity index (χ1) is 7.56. The molecule has 0 heterocycles. The minimum absolute atomic E-state index is 0.317. The van der Waals surface area contributed by atoms with Crippen LogP contribution < -0.4 is 5.32 Å². The number of nitrogens with one attached hydrogen (secondary N) is 1. The largest absolute Gasteiger partial charge is 0.380 e. The maximum absolute atomic E-state index is 13.0. The van der Waals surface area contributed by atoms with Crippen LogP contribution in [0.4, 0.5) is 10.1 Å². The molecule has 0 aliphatic heterocycles. The lowest BCUT2D eigenvalue weighted by atomic mass is 10.1. The third-order valence-electron chi connectivity index (χ3n) is 3.05. The van der Waals surface area contributed by atoms with E-state index in [1.165, 1.54) is 18.6 Å². The Balaban J connectivity index is 2.15. The highest BCUT2D eigenvalue weighted by atomic mass is 79.9. The Hall–Kier alpha value is -0.280. The van der Waals surface area contributed by atoms with Crippen LogP contribution in [0.25, 0.3) is 0 Å². The minimum Gasteiger partial charge on any atom is -0.380 e. The van der Waals surface area contributed by atoms with Crippen molar-refractivity contribution in [1.29, 1.82) is 0 Å². The zero-order chi connectivity index (χ0) is 11.7. The fourth-order valence-corrected chi connectivity index (χ4v) is 3.14. The molecule has 1 nitrogen and oxygen atoms in total. The highest BCUT2D eigenvalue weighted by molar-refractivity contribution is 9.10. The van der Waals surface area contributed by atoms with Crippen LogP contribution in [-0.4, -0.2) is 6.04 Å². The monoisotopic (exact) mass is 305 g/mol.